The molecule has 1 saturated carbocycles. The van der Waals surface area contributed by atoms with Gasteiger partial charge in [0.1, 0.15) is 0 Å². The third-order valence-electron chi connectivity index (χ3n) is 3.39. The second-order valence-electron chi connectivity index (χ2n) is 5.02. The van der Waals surface area contributed by atoms with E-state index in [2.05, 4.69) is 24.4 Å². The van der Waals surface area contributed by atoms with Crippen molar-refractivity contribution in [3.8, 4) is 0 Å². The lowest BCUT2D eigenvalue weighted by molar-refractivity contribution is 0.501. The highest BCUT2D eigenvalue weighted by Crippen LogP contribution is 2.34. The smallest absolute Gasteiger partial charge is 0.0541 e. The van der Waals surface area contributed by atoms with Gasteiger partial charge in [-0.1, -0.05) is 43.5 Å². The minimum Gasteiger partial charge on any atom is -0.313 e. The van der Waals surface area contributed by atoms with E-state index in [1.165, 1.54) is 30.6 Å². The number of nitrogens with one attached hydrogen (secondary N) is 1. The Balaban J connectivity index is 1.78. The van der Waals surface area contributed by atoms with Crippen LogP contribution in [0, 0.1) is 5.92 Å². The quantitative estimate of drug-likeness (QED) is 0.700. The molecule has 0 radical (unpaired) electrons. The van der Waals surface area contributed by atoms with Crippen molar-refractivity contribution in [3.63, 3.8) is 0 Å². The summed E-state index contributed by atoms with van der Waals surface area (Å²) in [6, 6.07) is 8.74. The standard InChI is InChI=1S/C15H22ClNS/c1-2-17-13(10-9-12-7-8-12)11-18-15-6-4-3-5-14(15)16/h3-6,12-13,17H,2,7-11H2,1H3. The predicted octanol–water partition coefficient (Wildman–Crippen LogP) is 4.60. The molecule has 1 aromatic carbocycles. The molecule has 0 bridgehead atoms. The molecule has 3 heteroatoms. The lowest BCUT2D eigenvalue weighted by Crippen LogP contribution is -2.31. The molecule has 0 aliphatic heterocycles. The van der Waals surface area contributed by atoms with E-state index in [-0.39, 0.29) is 0 Å². The van der Waals surface area contributed by atoms with Crippen molar-refractivity contribution in [1.29, 1.82) is 0 Å². The van der Waals surface area contributed by atoms with E-state index < -0.39 is 0 Å². The van der Waals surface area contributed by atoms with E-state index in [9.17, 15) is 0 Å². The fourth-order valence-electron chi connectivity index (χ4n) is 2.13. The molecule has 100 valence electrons. The van der Waals surface area contributed by atoms with Crippen molar-refractivity contribution >= 4 is 23.4 Å². The summed E-state index contributed by atoms with van der Waals surface area (Å²) in [4.78, 5) is 1.20. The Kier molecular flexibility index (Phi) is 5.87. The molecule has 18 heavy (non-hydrogen) atoms. The molecular weight excluding hydrogens is 262 g/mol. The number of halogens is 1. The van der Waals surface area contributed by atoms with E-state index >= 15 is 0 Å². The molecule has 1 aromatic rings. The Morgan fingerprint density at radius 3 is 2.83 bits per heavy atom. The molecule has 1 aliphatic rings. The highest BCUT2D eigenvalue weighted by atomic mass is 35.5. The van der Waals surface area contributed by atoms with Gasteiger partial charge in [-0.3, -0.25) is 0 Å². The summed E-state index contributed by atoms with van der Waals surface area (Å²) in [6.07, 6.45) is 5.60. The minimum absolute atomic E-state index is 0.622. The molecule has 1 fully saturated rings. The first-order valence-electron chi connectivity index (χ1n) is 6.90. The highest BCUT2D eigenvalue weighted by Gasteiger charge is 2.22. The maximum atomic E-state index is 6.18. The van der Waals surface area contributed by atoms with Crippen molar-refractivity contribution in [2.24, 2.45) is 5.92 Å². The van der Waals surface area contributed by atoms with E-state index in [4.69, 9.17) is 11.6 Å². The summed E-state index contributed by atoms with van der Waals surface area (Å²) in [7, 11) is 0. The number of thioether (sulfide) groups is 1. The summed E-state index contributed by atoms with van der Waals surface area (Å²) >= 11 is 8.05. The Labute approximate surface area is 120 Å². The van der Waals surface area contributed by atoms with Gasteiger partial charge in [0.2, 0.25) is 0 Å². The summed E-state index contributed by atoms with van der Waals surface area (Å²) in [6.45, 7) is 3.24. The number of rotatable bonds is 8. The van der Waals surface area contributed by atoms with Crippen molar-refractivity contribution < 1.29 is 0 Å². The number of benzene rings is 1. The van der Waals surface area contributed by atoms with Crippen molar-refractivity contribution in [2.75, 3.05) is 12.3 Å². The molecule has 2 rings (SSSR count). The van der Waals surface area contributed by atoms with Crippen LogP contribution in [0.25, 0.3) is 0 Å². The van der Waals surface area contributed by atoms with Gasteiger partial charge in [-0.25, -0.2) is 0 Å². The summed E-state index contributed by atoms with van der Waals surface area (Å²) in [5, 5.41) is 4.47. The summed E-state index contributed by atoms with van der Waals surface area (Å²) in [5.41, 5.74) is 0. The lowest BCUT2D eigenvalue weighted by Gasteiger charge is -2.17. The zero-order valence-electron chi connectivity index (χ0n) is 11.0. The summed E-state index contributed by atoms with van der Waals surface area (Å²) < 4.78 is 0. The van der Waals surface area contributed by atoms with Gasteiger partial charge in [0.25, 0.3) is 0 Å². The summed E-state index contributed by atoms with van der Waals surface area (Å²) in [5.74, 6) is 2.14. The van der Waals surface area contributed by atoms with Crippen LogP contribution in [0.5, 0.6) is 0 Å². The topological polar surface area (TPSA) is 12.0 Å². The van der Waals surface area contributed by atoms with Crippen LogP contribution in [0.4, 0.5) is 0 Å². The van der Waals surface area contributed by atoms with Crippen molar-refractivity contribution in [2.45, 2.75) is 43.5 Å². The maximum absolute atomic E-state index is 6.18. The van der Waals surface area contributed by atoms with E-state index in [0.717, 1.165) is 23.2 Å². The van der Waals surface area contributed by atoms with Crippen LogP contribution < -0.4 is 5.32 Å². The monoisotopic (exact) mass is 283 g/mol. The van der Waals surface area contributed by atoms with E-state index in [1.54, 1.807) is 0 Å². The zero-order valence-corrected chi connectivity index (χ0v) is 12.6. The fraction of sp³-hybridized carbons (Fsp3) is 0.600. The molecule has 0 spiro atoms. The first-order valence-corrected chi connectivity index (χ1v) is 8.26. The Hall–Kier alpha value is -0.180. The zero-order chi connectivity index (χ0) is 12.8. The van der Waals surface area contributed by atoms with Gasteiger partial charge in [0, 0.05) is 16.7 Å². The SMILES string of the molecule is CCNC(CCC1CC1)CSc1ccccc1Cl. The van der Waals surface area contributed by atoms with Gasteiger partial charge in [-0.2, -0.15) is 0 Å². The average molecular weight is 284 g/mol. The average Bonchev–Trinajstić information content (AvgIpc) is 3.18. The minimum atomic E-state index is 0.622. The Morgan fingerprint density at radius 1 is 1.39 bits per heavy atom. The second kappa shape index (κ2) is 7.42. The van der Waals surface area contributed by atoms with Crippen molar-refractivity contribution in [3.05, 3.63) is 29.3 Å². The molecule has 1 N–H and O–H groups in total. The van der Waals surface area contributed by atoms with Crippen LogP contribution in [0.1, 0.15) is 32.6 Å². The normalized spacial score (nSPS) is 16.8. The van der Waals surface area contributed by atoms with Gasteiger partial charge in [-0.15, -0.1) is 11.8 Å². The molecule has 1 aliphatic carbocycles. The fourth-order valence-corrected chi connectivity index (χ4v) is 3.47. The van der Waals surface area contributed by atoms with Crippen LogP contribution in [-0.2, 0) is 0 Å². The number of hydrogen-bond donors (Lipinski definition) is 1. The molecule has 1 unspecified atom stereocenters. The largest absolute Gasteiger partial charge is 0.313 e. The molecular formula is C15H22ClNS. The van der Waals surface area contributed by atoms with Crippen LogP contribution in [0.3, 0.4) is 0 Å². The maximum Gasteiger partial charge on any atom is 0.0541 e. The van der Waals surface area contributed by atoms with Gasteiger partial charge >= 0.3 is 0 Å². The van der Waals surface area contributed by atoms with Crippen molar-refractivity contribution in [1.82, 2.24) is 5.32 Å². The molecule has 1 nitrogen and oxygen atoms in total. The predicted molar refractivity (Wildman–Crippen MR) is 81.6 cm³/mol. The molecule has 0 heterocycles. The molecule has 0 saturated heterocycles. The first-order chi connectivity index (χ1) is 8.79. The van der Waals surface area contributed by atoms with E-state index in [1.807, 2.05) is 23.9 Å². The van der Waals surface area contributed by atoms with Crippen LogP contribution >= 0.6 is 23.4 Å². The van der Waals surface area contributed by atoms with Crippen LogP contribution in [-0.4, -0.2) is 18.3 Å². The molecule has 0 amide bonds. The third-order valence-corrected chi connectivity index (χ3v) is 5.07. The number of hydrogen-bond acceptors (Lipinski definition) is 2. The van der Waals surface area contributed by atoms with Gasteiger partial charge in [-0.05, 0) is 37.4 Å². The highest BCUT2D eigenvalue weighted by molar-refractivity contribution is 7.99. The van der Waals surface area contributed by atoms with Crippen LogP contribution in [0.2, 0.25) is 5.02 Å². The molecule has 1 atom stereocenters. The van der Waals surface area contributed by atoms with E-state index in [0.29, 0.717) is 6.04 Å². The Bertz CT molecular complexity index is 365. The first kappa shape index (κ1) is 14.2. The third kappa shape index (κ3) is 4.83. The van der Waals surface area contributed by atoms with Gasteiger partial charge in [0.15, 0.2) is 0 Å². The van der Waals surface area contributed by atoms with Gasteiger partial charge < -0.3 is 5.32 Å². The van der Waals surface area contributed by atoms with Gasteiger partial charge in [0.05, 0.1) is 5.02 Å². The second-order valence-corrected chi connectivity index (χ2v) is 6.49. The lowest BCUT2D eigenvalue weighted by atomic mass is 10.1. The van der Waals surface area contributed by atoms with Crippen LogP contribution in [0.15, 0.2) is 29.2 Å². The molecule has 0 aromatic heterocycles. The Morgan fingerprint density at radius 2 is 2.17 bits per heavy atom.